The Morgan fingerprint density at radius 2 is 1.77 bits per heavy atom. The van der Waals surface area contributed by atoms with Crippen molar-refractivity contribution >= 4 is 6.21 Å². The molecule has 0 aromatic heterocycles. The number of allylic oxidation sites excluding steroid dienone is 1. The Labute approximate surface area is 137 Å². The zero-order chi connectivity index (χ0) is 16.3. The van der Waals surface area contributed by atoms with E-state index in [0.29, 0.717) is 4.48 Å². The Hall–Kier alpha value is -0.670. The molecule has 0 radical (unpaired) electrons. The number of rotatable bonds is 12. The Bertz CT molecular complexity index is 338. The van der Waals surface area contributed by atoms with Gasteiger partial charge in [0.2, 0.25) is 6.17 Å². The molecule has 0 fully saturated rings. The molecule has 0 spiro atoms. The summed E-state index contributed by atoms with van der Waals surface area (Å²) in [6, 6.07) is 0. The van der Waals surface area contributed by atoms with Crippen molar-refractivity contribution in [1.82, 2.24) is 0 Å². The molecule has 1 rings (SSSR count). The van der Waals surface area contributed by atoms with Gasteiger partial charge in [0.15, 0.2) is 6.23 Å². The minimum atomic E-state index is -0.356. The van der Waals surface area contributed by atoms with Gasteiger partial charge in [-0.25, -0.2) is 4.99 Å². The van der Waals surface area contributed by atoms with E-state index >= 15 is 0 Å². The fourth-order valence-electron chi connectivity index (χ4n) is 3.34. The number of aliphatic imine (C=N–C) groups is 1. The first-order valence-corrected chi connectivity index (χ1v) is 9.40. The Kier molecular flexibility index (Phi) is 9.65. The summed E-state index contributed by atoms with van der Waals surface area (Å²) in [5, 5.41) is 10.1. The highest BCUT2D eigenvalue weighted by molar-refractivity contribution is 5.60. The first-order valence-electron chi connectivity index (χ1n) is 9.40. The molecule has 1 aliphatic heterocycles. The van der Waals surface area contributed by atoms with Gasteiger partial charge in [-0.3, -0.25) is 4.48 Å². The van der Waals surface area contributed by atoms with E-state index in [1.807, 2.05) is 13.1 Å². The third-order valence-corrected chi connectivity index (χ3v) is 5.07. The van der Waals surface area contributed by atoms with Crippen molar-refractivity contribution in [3.8, 4) is 0 Å². The van der Waals surface area contributed by atoms with Gasteiger partial charge in [0.1, 0.15) is 6.54 Å². The van der Waals surface area contributed by atoms with E-state index in [2.05, 4.69) is 31.0 Å². The van der Waals surface area contributed by atoms with Crippen LogP contribution < -0.4 is 0 Å². The molecule has 1 aliphatic rings. The number of unbranched alkanes of at least 4 members (excludes halogenated alkanes) is 8. The molecule has 3 unspecified atom stereocenters. The van der Waals surface area contributed by atoms with Gasteiger partial charge in [-0.1, -0.05) is 57.9 Å². The molecule has 1 heterocycles. The van der Waals surface area contributed by atoms with Crippen molar-refractivity contribution in [1.29, 1.82) is 0 Å². The molecule has 3 nitrogen and oxygen atoms in total. The minimum absolute atomic E-state index is 0.110. The fourth-order valence-corrected chi connectivity index (χ4v) is 3.34. The van der Waals surface area contributed by atoms with Crippen molar-refractivity contribution in [2.45, 2.75) is 91.0 Å². The standard InChI is InChI=1S/C19H37N2O/c1-4-6-7-8-9-10-11-12-13-14-15-19-20-16-17-21(19,5-2)18(3)22/h14-16,18-19,22H,4-13,17H2,1-3H3/q+1/b15-14+. The van der Waals surface area contributed by atoms with Gasteiger partial charge < -0.3 is 5.11 Å². The number of hydrogen-bond donors (Lipinski definition) is 1. The van der Waals surface area contributed by atoms with Gasteiger partial charge in [0.25, 0.3) is 0 Å². The normalized spacial score (nSPS) is 26.1. The summed E-state index contributed by atoms with van der Waals surface area (Å²) in [5.74, 6) is 0. The molecule has 3 atom stereocenters. The minimum Gasteiger partial charge on any atom is -0.345 e. The van der Waals surface area contributed by atoms with E-state index in [-0.39, 0.29) is 12.4 Å². The number of hydrogen-bond acceptors (Lipinski definition) is 2. The molecule has 0 saturated carbocycles. The smallest absolute Gasteiger partial charge is 0.204 e. The molecule has 0 bridgehead atoms. The summed E-state index contributed by atoms with van der Waals surface area (Å²) in [4.78, 5) is 4.56. The number of likely N-dealkylation sites (N-methyl/N-ethyl adjacent to an activating group) is 1. The van der Waals surface area contributed by atoms with Gasteiger partial charge in [-0.2, -0.15) is 0 Å². The third kappa shape index (κ3) is 5.85. The van der Waals surface area contributed by atoms with Crippen molar-refractivity contribution in [3.63, 3.8) is 0 Å². The number of quaternary nitrogens is 1. The monoisotopic (exact) mass is 309 g/mol. The summed E-state index contributed by atoms with van der Waals surface area (Å²) < 4.78 is 0.661. The Morgan fingerprint density at radius 3 is 2.36 bits per heavy atom. The first-order chi connectivity index (χ1) is 10.7. The SMILES string of the molecule is CCCCCCCCCC/C=C/C1N=CC[N+]1(CC)C(C)O. The van der Waals surface area contributed by atoms with Crippen LogP contribution in [-0.4, -0.2) is 41.3 Å². The lowest BCUT2D eigenvalue weighted by Gasteiger charge is -2.39. The van der Waals surface area contributed by atoms with E-state index in [4.69, 9.17) is 0 Å². The molecule has 22 heavy (non-hydrogen) atoms. The molecular weight excluding hydrogens is 272 g/mol. The zero-order valence-corrected chi connectivity index (χ0v) is 15.0. The van der Waals surface area contributed by atoms with E-state index in [1.54, 1.807) is 0 Å². The fraction of sp³-hybridized carbons (Fsp3) is 0.842. The molecule has 1 N–H and O–H groups in total. The molecule has 0 amide bonds. The number of aliphatic hydroxyl groups is 1. The quantitative estimate of drug-likeness (QED) is 0.317. The van der Waals surface area contributed by atoms with Crippen molar-refractivity contribution in [3.05, 3.63) is 12.2 Å². The lowest BCUT2D eigenvalue weighted by molar-refractivity contribution is -0.970. The summed E-state index contributed by atoms with van der Waals surface area (Å²) in [7, 11) is 0. The number of nitrogens with zero attached hydrogens (tertiary/aromatic N) is 2. The average molecular weight is 310 g/mol. The van der Waals surface area contributed by atoms with E-state index in [9.17, 15) is 5.11 Å². The Morgan fingerprint density at radius 1 is 1.14 bits per heavy atom. The van der Waals surface area contributed by atoms with Crippen molar-refractivity contribution in [2.75, 3.05) is 13.1 Å². The van der Waals surface area contributed by atoms with Crippen LogP contribution in [0.25, 0.3) is 0 Å². The van der Waals surface area contributed by atoms with Crippen molar-refractivity contribution in [2.24, 2.45) is 4.99 Å². The zero-order valence-electron chi connectivity index (χ0n) is 15.0. The third-order valence-electron chi connectivity index (χ3n) is 5.07. The highest BCUT2D eigenvalue weighted by Gasteiger charge is 2.40. The van der Waals surface area contributed by atoms with Crippen LogP contribution in [0.4, 0.5) is 0 Å². The van der Waals surface area contributed by atoms with E-state index in [1.165, 1.54) is 51.4 Å². The largest absolute Gasteiger partial charge is 0.345 e. The van der Waals surface area contributed by atoms with Crippen LogP contribution in [0.5, 0.6) is 0 Å². The van der Waals surface area contributed by atoms with Crippen LogP contribution in [0.15, 0.2) is 17.1 Å². The van der Waals surface area contributed by atoms with Gasteiger partial charge in [0, 0.05) is 6.92 Å². The van der Waals surface area contributed by atoms with Crippen LogP contribution in [-0.2, 0) is 0 Å². The summed E-state index contributed by atoms with van der Waals surface area (Å²) in [6.07, 6.45) is 18.3. The van der Waals surface area contributed by atoms with Gasteiger partial charge in [-0.05, 0) is 25.8 Å². The maximum absolute atomic E-state index is 10.1. The molecule has 3 heteroatoms. The van der Waals surface area contributed by atoms with E-state index in [0.717, 1.165) is 19.5 Å². The first kappa shape index (κ1) is 19.4. The second-order valence-corrected chi connectivity index (χ2v) is 6.67. The lowest BCUT2D eigenvalue weighted by Crippen LogP contribution is -2.57. The second-order valence-electron chi connectivity index (χ2n) is 6.67. The Balaban J connectivity index is 2.16. The molecule has 0 aromatic rings. The van der Waals surface area contributed by atoms with Gasteiger partial charge in [-0.15, -0.1) is 0 Å². The maximum Gasteiger partial charge on any atom is 0.204 e. The summed E-state index contributed by atoms with van der Waals surface area (Å²) in [5.41, 5.74) is 0. The van der Waals surface area contributed by atoms with E-state index < -0.39 is 0 Å². The highest BCUT2D eigenvalue weighted by Crippen LogP contribution is 2.23. The topological polar surface area (TPSA) is 32.6 Å². The molecule has 128 valence electrons. The number of aliphatic hydroxyl groups excluding tert-OH is 1. The van der Waals surface area contributed by atoms with Crippen LogP contribution in [0.1, 0.15) is 78.6 Å². The molecule has 0 aromatic carbocycles. The predicted molar refractivity (Wildman–Crippen MR) is 96.0 cm³/mol. The molecular formula is C19H37N2O+. The maximum atomic E-state index is 10.1. The van der Waals surface area contributed by atoms with Crippen LogP contribution in [0.3, 0.4) is 0 Å². The van der Waals surface area contributed by atoms with Crippen molar-refractivity contribution < 1.29 is 9.59 Å². The average Bonchev–Trinajstić information content (AvgIpc) is 2.93. The second kappa shape index (κ2) is 11.0. The summed E-state index contributed by atoms with van der Waals surface area (Å²) >= 11 is 0. The summed E-state index contributed by atoms with van der Waals surface area (Å²) in [6.45, 7) is 8.06. The van der Waals surface area contributed by atoms with Crippen LogP contribution in [0.2, 0.25) is 0 Å². The highest BCUT2D eigenvalue weighted by atomic mass is 16.3. The van der Waals surface area contributed by atoms with Gasteiger partial charge in [0.05, 0.1) is 12.8 Å². The van der Waals surface area contributed by atoms with Crippen LogP contribution in [0, 0.1) is 0 Å². The molecule has 0 aliphatic carbocycles. The predicted octanol–water partition coefficient (Wildman–Crippen LogP) is 4.66. The van der Waals surface area contributed by atoms with Crippen LogP contribution >= 0.6 is 0 Å². The molecule has 0 saturated heterocycles. The van der Waals surface area contributed by atoms with Gasteiger partial charge >= 0.3 is 0 Å². The lowest BCUT2D eigenvalue weighted by atomic mass is 10.1.